The predicted molar refractivity (Wildman–Crippen MR) is 130 cm³/mol. The molecule has 0 radical (unpaired) electrons. The van der Waals surface area contributed by atoms with Crippen molar-refractivity contribution >= 4 is 27.4 Å². The summed E-state index contributed by atoms with van der Waals surface area (Å²) in [7, 11) is -2.42. The highest BCUT2D eigenvalue weighted by molar-refractivity contribution is 7.57. The molecule has 2 aliphatic heterocycles. The van der Waals surface area contributed by atoms with Crippen LogP contribution < -0.4 is 19.7 Å². The van der Waals surface area contributed by atoms with Gasteiger partial charge < -0.3 is 18.1 Å². The summed E-state index contributed by atoms with van der Waals surface area (Å²) < 4.78 is 24.8. The van der Waals surface area contributed by atoms with E-state index in [0.717, 1.165) is 33.2 Å². The molecule has 0 spiro atoms. The van der Waals surface area contributed by atoms with Crippen molar-refractivity contribution in [1.29, 1.82) is 0 Å². The van der Waals surface area contributed by atoms with Gasteiger partial charge in [0.15, 0.2) is 0 Å². The fraction of sp³-hybridized carbons (Fsp3) is 0.0769. The quantitative estimate of drug-likeness (QED) is 0.256. The molecule has 0 aliphatic carbocycles. The summed E-state index contributed by atoms with van der Waals surface area (Å²) in [4.78, 5) is 0. The molecular weight excluding hydrogens is 438 g/mol. The van der Waals surface area contributed by atoms with Gasteiger partial charge in [-0.2, -0.15) is 0 Å². The van der Waals surface area contributed by atoms with E-state index in [1.54, 1.807) is 0 Å². The van der Waals surface area contributed by atoms with Crippen LogP contribution in [0.5, 0.6) is 11.5 Å². The third kappa shape index (κ3) is 3.60. The molecular formula is C26H20O4P2. The largest absolute Gasteiger partial charge is 0.443 e. The molecule has 0 fully saturated rings. The standard InChI is InChI=1S/C26H20O4P2/c1-5-13-23-19(9-1)21-11-3-7-15-25(21)31(29-23)27-17-18-28-32-26-16-8-4-12-22(26)20-10-2-6-14-24(20)30-32/h1-16H,17-18H2. The van der Waals surface area contributed by atoms with Crippen LogP contribution in [-0.2, 0) is 9.05 Å². The van der Waals surface area contributed by atoms with Gasteiger partial charge in [-0.3, -0.25) is 0 Å². The maximum Gasteiger partial charge on any atom is 0.265 e. The second kappa shape index (κ2) is 8.65. The molecule has 0 saturated carbocycles. The van der Waals surface area contributed by atoms with Crippen LogP contribution in [-0.4, -0.2) is 13.2 Å². The Balaban J connectivity index is 1.15. The highest BCUT2D eigenvalue weighted by Crippen LogP contribution is 2.51. The third-order valence-corrected chi connectivity index (χ3v) is 8.54. The summed E-state index contributed by atoms with van der Waals surface area (Å²) >= 11 is 0. The molecule has 6 rings (SSSR count). The van der Waals surface area contributed by atoms with E-state index in [1.165, 1.54) is 11.1 Å². The zero-order chi connectivity index (χ0) is 21.3. The average Bonchev–Trinajstić information content (AvgIpc) is 2.86. The van der Waals surface area contributed by atoms with E-state index in [1.807, 2.05) is 48.5 Å². The normalized spacial score (nSPS) is 17.8. The predicted octanol–water partition coefficient (Wildman–Crippen LogP) is 6.41. The molecule has 2 heterocycles. The van der Waals surface area contributed by atoms with Crippen molar-refractivity contribution in [2.75, 3.05) is 13.2 Å². The molecule has 4 nitrogen and oxygen atoms in total. The second-order valence-electron chi connectivity index (χ2n) is 7.39. The van der Waals surface area contributed by atoms with Crippen molar-refractivity contribution in [3.8, 4) is 33.8 Å². The van der Waals surface area contributed by atoms with Crippen LogP contribution in [0.25, 0.3) is 22.3 Å². The smallest absolute Gasteiger partial charge is 0.265 e. The van der Waals surface area contributed by atoms with Gasteiger partial charge in [0, 0.05) is 11.1 Å². The van der Waals surface area contributed by atoms with Crippen LogP contribution in [0.15, 0.2) is 97.1 Å². The first-order valence-corrected chi connectivity index (χ1v) is 12.8. The van der Waals surface area contributed by atoms with Gasteiger partial charge in [0.05, 0.1) is 23.8 Å². The highest BCUT2D eigenvalue weighted by Gasteiger charge is 2.29. The number of fused-ring (bicyclic) bond motifs is 6. The monoisotopic (exact) mass is 458 g/mol. The van der Waals surface area contributed by atoms with Gasteiger partial charge in [0.25, 0.3) is 16.8 Å². The van der Waals surface area contributed by atoms with Crippen LogP contribution in [0.2, 0.25) is 0 Å². The summed E-state index contributed by atoms with van der Waals surface area (Å²) in [5.41, 5.74) is 4.56. The number of para-hydroxylation sites is 2. The highest BCUT2D eigenvalue weighted by atomic mass is 31.2. The zero-order valence-electron chi connectivity index (χ0n) is 17.2. The molecule has 4 aromatic rings. The molecule has 2 unspecified atom stereocenters. The van der Waals surface area contributed by atoms with Crippen LogP contribution in [0, 0.1) is 0 Å². The maximum absolute atomic E-state index is 6.21. The van der Waals surface area contributed by atoms with Gasteiger partial charge in [0.1, 0.15) is 11.5 Å². The van der Waals surface area contributed by atoms with Gasteiger partial charge in [0.2, 0.25) is 0 Å². The minimum Gasteiger partial charge on any atom is -0.443 e. The molecule has 6 heteroatoms. The first-order valence-electron chi connectivity index (χ1n) is 10.5. The summed E-state index contributed by atoms with van der Waals surface area (Å²) in [6.07, 6.45) is 0. The fourth-order valence-corrected chi connectivity index (χ4v) is 6.90. The van der Waals surface area contributed by atoms with Crippen molar-refractivity contribution in [1.82, 2.24) is 0 Å². The Bertz CT molecular complexity index is 1180. The summed E-state index contributed by atoms with van der Waals surface area (Å²) in [6, 6.07) is 32.8. The molecule has 0 saturated heterocycles. The summed E-state index contributed by atoms with van der Waals surface area (Å²) in [5.74, 6) is 1.73. The Morgan fingerprint density at radius 2 is 0.844 bits per heavy atom. The molecule has 0 aromatic heterocycles. The van der Waals surface area contributed by atoms with E-state index in [9.17, 15) is 0 Å². The van der Waals surface area contributed by atoms with Gasteiger partial charge in [-0.1, -0.05) is 72.8 Å². The van der Waals surface area contributed by atoms with Crippen molar-refractivity contribution in [3.63, 3.8) is 0 Å². The van der Waals surface area contributed by atoms with Crippen molar-refractivity contribution < 1.29 is 18.1 Å². The molecule has 0 bridgehead atoms. The molecule has 158 valence electrons. The lowest BCUT2D eigenvalue weighted by Crippen LogP contribution is -2.19. The van der Waals surface area contributed by atoms with Crippen molar-refractivity contribution in [3.05, 3.63) is 97.1 Å². The van der Waals surface area contributed by atoms with E-state index < -0.39 is 16.8 Å². The first-order chi connectivity index (χ1) is 15.9. The van der Waals surface area contributed by atoms with Gasteiger partial charge >= 0.3 is 0 Å². The Labute approximate surface area is 189 Å². The van der Waals surface area contributed by atoms with Crippen LogP contribution >= 0.6 is 16.8 Å². The van der Waals surface area contributed by atoms with Gasteiger partial charge in [-0.05, 0) is 35.4 Å². The minimum absolute atomic E-state index is 0.425. The summed E-state index contributed by atoms with van der Waals surface area (Å²) in [6.45, 7) is 0.850. The number of rotatable bonds is 5. The van der Waals surface area contributed by atoms with E-state index >= 15 is 0 Å². The molecule has 4 aromatic carbocycles. The van der Waals surface area contributed by atoms with Gasteiger partial charge in [-0.15, -0.1) is 0 Å². The lowest BCUT2D eigenvalue weighted by molar-refractivity contribution is 0.224. The van der Waals surface area contributed by atoms with Crippen molar-refractivity contribution in [2.24, 2.45) is 0 Å². The lowest BCUT2D eigenvalue weighted by Gasteiger charge is -2.28. The zero-order valence-corrected chi connectivity index (χ0v) is 19.0. The minimum atomic E-state index is -1.21. The fourth-order valence-electron chi connectivity index (χ4n) is 3.97. The Kier molecular flexibility index (Phi) is 5.38. The van der Waals surface area contributed by atoms with Crippen LogP contribution in [0.1, 0.15) is 0 Å². The van der Waals surface area contributed by atoms with E-state index in [2.05, 4.69) is 48.5 Å². The Morgan fingerprint density at radius 1 is 0.469 bits per heavy atom. The Hall–Kier alpha value is -2.74. The number of hydrogen-bond donors (Lipinski definition) is 0. The third-order valence-electron chi connectivity index (χ3n) is 5.42. The molecule has 2 aliphatic rings. The number of hydrogen-bond acceptors (Lipinski definition) is 4. The second-order valence-corrected chi connectivity index (χ2v) is 10.3. The van der Waals surface area contributed by atoms with Crippen molar-refractivity contribution in [2.45, 2.75) is 0 Å². The topological polar surface area (TPSA) is 36.9 Å². The lowest BCUT2D eigenvalue weighted by atomic mass is 10.0. The first kappa shape index (κ1) is 19.9. The SMILES string of the molecule is c1ccc2c(c1)OP(OCCOP1Oc3ccccc3-c3ccccc31)c1ccccc1-2. The van der Waals surface area contributed by atoms with E-state index in [0.29, 0.717) is 13.2 Å². The molecule has 0 amide bonds. The number of benzene rings is 4. The molecule has 0 N–H and O–H groups in total. The van der Waals surface area contributed by atoms with Crippen LogP contribution in [0.4, 0.5) is 0 Å². The molecule has 2 atom stereocenters. The Morgan fingerprint density at radius 3 is 1.31 bits per heavy atom. The van der Waals surface area contributed by atoms with Gasteiger partial charge in [-0.25, -0.2) is 0 Å². The average molecular weight is 458 g/mol. The maximum atomic E-state index is 6.21. The van der Waals surface area contributed by atoms with E-state index in [4.69, 9.17) is 18.1 Å². The van der Waals surface area contributed by atoms with E-state index in [-0.39, 0.29) is 0 Å². The van der Waals surface area contributed by atoms with Crippen LogP contribution in [0.3, 0.4) is 0 Å². The molecule has 32 heavy (non-hydrogen) atoms. The summed E-state index contributed by atoms with van der Waals surface area (Å²) in [5, 5.41) is 2.19.